The zero-order valence-corrected chi connectivity index (χ0v) is 18.3. The van der Waals surface area contributed by atoms with Crippen LogP contribution in [0.3, 0.4) is 0 Å². The quantitative estimate of drug-likeness (QED) is 0.565. The van der Waals surface area contributed by atoms with Crippen molar-refractivity contribution < 1.29 is 18.1 Å². The molecule has 0 N–H and O–H groups in total. The number of hydrogen-bond acceptors (Lipinski definition) is 5. The molecule has 33 heavy (non-hydrogen) atoms. The van der Waals surface area contributed by atoms with Crippen molar-refractivity contribution >= 4 is 5.91 Å². The van der Waals surface area contributed by atoms with Gasteiger partial charge >= 0.3 is 0 Å². The van der Waals surface area contributed by atoms with E-state index in [9.17, 15) is 13.6 Å². The molecule has 3 aromatic rings. The molecule has 2 heterocycles. The number of piperazine rings is 1. The minimum atomic E-state index is -1.00. The van der Waals surface area contributed by atoms with Gasteiger partial charge in [-0.05, 0) is 42.7 Å². The van der Waals surface area contributed by atoms with Crippen LogP contribution in [0, 0.1) is 11.6 Å². The Bertz CT molecular complexity index is 1130. The molecule has 2 aliphatic rings. The molecule has 1 saturated carbocycles. The highest BCUT2D eigenvalue weighted by Gasteiger charge is 2.24. The minimum absolute atomic E-state index is 0.173. The molecule has 0 spiro atoms. The van der Waals surface area contributed by atoms with Crippen LogP contribution in [-0.4, -0.2) is 52.0 Å². The van der Waals surface area contributed by atoms with Crippen LogP contribution in [-0.2, 0) is 6.54 Å². The van der Waals surface area contributed by atoms with Gasteiger partial charge in [-0.3, -0.25) is 9.69 Å². The first-order valence-electron chi connectivity index (χ1n) is 11.5. The Balaban J connectivity index is 1.19. The Morgan fingerprint density at radius 3 is 2.55 bits per heavy atom. The SMILES string of the molecule is O=C(c1ccc(F)c(F)c1)N1CCN(Cc2cccc(-c3noc(C4CCCC4)n3)c2)CC1. The van der Waals surface area contributed by atoms with Crippen LogP contribution in [0.15, 0.2) is 47.0 Å². The van der Waals surface area contributed by atoms with Gasteiger partial charge in [0.1, 0.15) is 0 Å². The fourth-order valence-corrected chi connectivity index (χ4v) is 4.68. The largest absolute Gasteiger partial charge is 0.339 e. The van der Waals surface area contributed by atoms with Crippen LogP contribution in [0.25, 0.3) is 11.4 Å². The monoisotopic (exact) mass is 452 g/mol. The Labute approximate surface area is 191 Å². The van der Waals surface area contributed by atoms with Gasteiger partial charge in [-0.2, -0.15) is 4.98 Å². The molecular formula is C25H26F2N4O2. The van der Waals surface area contributed by atoms with E-state index in [0.29, 0.717) is 37.9 Å². The van der Waals surface area contributed by atoms with Gasteiger partial charge in [0.25, 0.3) is 5.91 Å². The molecule has 0 radical (unpaired) electrons. The summed E-state index contributed by atoms with van der Waals surface area (Å²) in [7, 11) is 0. The van der Waals surface area contributed by atoms with Crippen LogP contribution < -0.4 is 0 Å². The maximum atomic E-state index is 13.5. The van der Waals surface area contributed by atoms with Gasteiger partial charge in [-0.15, -0.1) is 0 Å². The van der Waals surface area contributed by atoms with Gasteiger partial charge in [-0.25, -0.2) is 8.78 Å². The number of amides is 1. The van der Waals surface area contributed by atoms with Gasteiger partial charge in [0.2, 0.25) is 11.7 Å². The maximum Gasteiger partial charge on any atom is 0.254 e. The standard InChI is InChI=1S/C25H26F2N4O2/c26-21-9-8-20(15-22(21)27)25(32)31-12-10-30(11-13-31)16-17-4-3-7-19(14-17)23-28-24(33-29-23)18-5-1-2-6-18/h3-4,7-9,14-15,18H,1-2,5-6,10-13,16H2. The van der Waals surface area contributed by atoms with Crippen molar-refractivity contribution in [2.24, 2.45) is 0 Å². The summed E-state index contributed by atoms with van der Waals surface area (Å²) in [5, 5.41) is 4.19. The summed E-state index contributed by atoms with van der Waals surface area (Å²) in [5.74, 6) is -0.466. The molecule has 1 aromatic heterocycles. The minimum Gasteiger partial charge on any atom is -0.339 e. The van der Waals surface area contributed by atoms with Crippen molar-refractivity contribution in [3.05, 3.63) is 71.1 Å². The summed E-state index contributed by atoms with van der Waals surface area (Å²) in [5.41, 5.74) is 2.25. The van der Waals surface area contributed by atoms with Crippen molar-refractivity contribution in [1.82, 2.24) is 19.9 Å². The summed E-state index contributed by atoms with van der Waals surface area (Å²) >= 11 is 0. The molecular weight excluding hydrogens is 426 g/mol. The number of carbonyl (C=O) groups excluding carboxylic acids is 1. The van der Waals surface area contributed by atoms with E-state index < -0.39 is 11.6 Å². The second-order valence-electron chi connectivity index (χ2n) is 8.84. The van der Waals surface area contributed by atoms with Crippen LogP contribution in [0.4, 0.5) is 8.78 Å². The molecule has 2 fully saturated rings. The Hall–Kier alpha value is -3.13. The first-order chi connectivity index (χ1) is 16.1. The number of benzene rings is 2. The van der Waals surface area contributed by atoms with Gasteiger partial charge in [0.15, 0.2) is 11.6 Å². The lowest BCUT2D eigenvalue weighted by Crippen LogP contribution is -2.48. The number of rotatable bonds is 5. The number of nitrogens with zero attached hydrogens (tertiary/aromatic N) is 4. The summed E-state index contributed by atoms with van der Waals surface area (Å²) < 4.78 is 32.2. The lowest BCUT2D eigenvalue weighted by atomic mass is 10.1. The molecule has 1 saturated heterocycles. The second kappa shape index (κ2) is 9.39. The van der Waals surface area contributed by atoms with E-state index in [1.807, 2.05) is 12.1 Å². The van der Waals surface area contributed by atoms with Gasteiger partial charge in [0.05, 0.1) is 0 Å². The predicted octanol–water partition coefficient (Wildman–Crippen LogP) is 4.63. The van der Waals surface area contributed by atoms with Crippen molar-refractivity contribution in [2.75, 3.05) is 26.2 Å². The smallest absolute Gasteiger partial charge is 0.254 e. The first kappa shape index (κ1) is 21.7. The first-order valence-corrected chi connectivity index (χ1v) is 11.5. The van der Waals surface area contributed by atoms with Crippen molar-refractivity contribution in [3.63, 3.8) is 0 Å². The zero-order valence-electron chi connectivity index (χ0n) is 18.3. The highest BCUT2D eigenvalue weighted by molar-refractivity contribution is 5.94. The molecule has 6 nitrogen and oxygen atoms in total. The number of carbonyl (C=O) groups is 1. The Kier molecular flexibility index (Phi) is 6.17. The van der Waals surface area contributed by atoms with Gasteiger partial charge < -0.3 is 9.42 Å². The summed E-state index contributed by atoms with van der Waals surface area (Å²) in [6.45, 7) is 3.22. The highest BCUT2D eigenvalue weighted by Crippen LogP contribution is 2.34. The lowest BCUT2D eigenvalue weighted by Gasteiger charge is -2.34. The second-order valence-corrected chi connectivity index (χ2v) is 8.84. The predicted molar refractivity (Wildman–Crippen MR) is 118 cm³/mol. The van der Waals surface area contributed by atoms with E-state index in [1.165, 1.54) is 18.9 Å². The van der Waals surface area contributed by atoms with E-state index in [1.54, 1.807) is 4.90 Å². The van der Waals surface area contributed by atoms with E-state index >= 15 is 0 Å². The molecule has 2 aromatic carbocycles. The molecule has 1 aliphatic carbocycles. The Morgan fingerprint density at radius 2 is 1.79 bits per heavy atom. The summed E-state index contributed by atoms with van der Waals surface area (Å²) in [6.07, 6.45) is 4.67. The molecule has 0 atom stereocenters. The normalized spacial score (nSPS) is 17.6. The zero-order chi connectivity index (χ0) is 22.8. The molecule has 5 rings (SSSR count). The van der Waals surface area contributed by atoms with Gasteiger partial charge in [0, 0.05) is 49.8 Å². The summed E-state index contributed by atoms with van der Waals surface area (Å²) in [4.78, 5) is 21.2. The Morgan fingerprint density at radius 1 is 1.00 bits per heavy atom. The van der Waals surface area contributed by atoms with Crippen LogP contribution in [0.2, 0.25) is 0 Å². The fourth-order valence-electron chi connectivity index (χ4n) is 4.68. The van der Waals surface area contributed by atoms with Crippen LogP contribution in [0.5, 0.6) is 0 Å². The fraction of sp³-hybridized carbons (Fsp3) is 0.400. The van der Waals surface area contributed by atoms with Crippen LogP contribution in [0.1, 0.15) is 53.4 Å². The van der Waals surface area contributed by atoms with E-state index in [0.717, 1.165) is 48.5 Å². The summed E-state index contributed by atoms with van der Waals surface area (Å²) in [6, 6.07) is 11.4. The third-order valence-electron chi connectivity index (χ3n) is 6.56. The molecule has 1 aliphatic heterocycles. The highest BCUT2D eigenvalue weighted by atomic mass is 19.2. The van der Waals surface area contributed by atoms with Crippen molar-refractivity contribution in [3.8, 4) is 11.4 Å². The third-order valence-corrected chi connectivity index (χ3v) is 6.56. The van der Waals surface area contributed by atoms with Gasteiger partial charge in [-0.1, -0.05) is 36.2 Å². The molecule has 0 bridgehead atoms. The van der Waals surface area contributed by atoms with E-state index in [2.05, 4.69) is 27.2 Å². The molecule has 0 unspecified atom stereocenters. The lowest BCUT2D eigenvalue weighted by molar-refractivity contribution is 0.0628. The number of halogens is 2. The molecule has 8 heteroatoms. The number of hydrogen-bond donors (Lipinski definition) is 0. The average molecular weight is 453 g/mol. The topological polar surface area (TPSA) is 62.5 Å². The molecule has 172 valence electrons. The van der Waals surface area contributed by atoms with Crippen molar-refractivity contribution in [2.45, 2.75) is 38.1 Å². The van der Waals surface area contributed by atoms with Crippen molar-refractivity contribution in [1.29, 1.82) is 0 Å². The van der Waals surface area contributed by atoms with E-state index in [-0.39, 0.29) is 11.5 Å². The van der Waals surface area contributed by atoms with Crippen LogP contribution >= 0.6 is 0 Å². The molecule has 1 amide bonds. The maximum absolute atomic E-state index is 13.5. The van der Waals surface area contributed by atoms with E-state index in [4.69, 9.17) is 4.52 Å². The average Bonchev–Trinajstić information content (AvgIpc) is 3.53. The third kappa shape index (κ3) is 4.80. The number of aromatic nitrogens is 2.